The molecule has 1 aromatic rings. The highest BCUT2D eigenvalue weighted by molar-refractivity contribution is 7.12. The molecule has 2 N–H and O–H groups in total. The normalized spacial score (nSPS) is 17.6. The minimum Gasteiger partial charge on any atom is -0.466 e. The number of hydrogen-bond donors (Lipinski definition) is 1. The number of nitrogens with zero attached hydrogens (tertiary/aromatic N) is 2. The van der Waals surface area contributed by atoms with Gasteiger partial charge in [-0.1, -0.05) is 0 Å². The number of hydrogen-bond acceptors (Lipinski definition) is 8. The third-order valence-corrected chi connectivity index (χ3v) is 4.51. The molecule has 1 aromatic heterocycles. The molecule has 0 aromatic carbocycles. The van der Waals surface area contributed by atoms with Crippen molar-refractivity contribution in [3.63, 3.8) is 0 Å². The van der Waals surface area contributed by atoms with Crippen LogP contribution in [0.4, 0.5) is 5.69 Å². The van der Waals surface area contributed by atoms with Crippen LogP contribution in [0, 0.1) is 28.4 Å². The van der Waals surface area contributed by atoms with Gasteiger partial charge in [0.1, 0.15) is 17.4 Å². The van der Waals surface area contributed by atoms with Crippen LogP contribution in [-0.2, 0) is 14.3 Å². The molecule has 1 aliphatic heterocycles. The van der Waals surface area contributed by atoms with E-state index >= 15 is 0 Å². The second-order valence-electron chi connectivity index (χ2n) is 4.73. The Labute approximate surface area is 135 Å². The average molecular weight is 335 g/mol. The minimum absolute atomic E-state index is 0.0205. The van der Waals surface area contributed by atoms with E-state index in [1.165, 1.54) is 20.1 Å². The molecule has 0 bridgehead atoms. The first kappa shape index (κ1) is 16.5. The fourth-order valence-corrected chi connectivity index (χ4v) is 3.47. The monoisotopic (exact) mass is 335 g/mol. The first-order chi connectivity index (χ1) is 10.8. The van der Waals surface area contributed by atoms with Gasteiger partial charge in [-0.25, -0.2) is 4.79 Å². The van der Waals surface area contributed by atoms with Crippen molar-refractivity contribution in [3.8, 4) is 6.07 Å². The summed E-state index contributed by atoms with van der Waals surface area (Å²) in [5, 5.41) is 20.4. The van der Waals surface area contributed by atoms with E-state index in [4.69, 9.17) is 15.2 Å². The number of nitro groups is 1. The number of carbonyl (C=O) groups is 1. The van der Waals surface area contributed by atoms with Gasteiger partial charge in [0.2, 0.25) is 5.88 Å². The maximum atomic E-state index is 12.1. The van der Waals surface area contributed by atoms with Crippen LogP contribution >= 0.6 is 11.3 Å². The van der Waals surface area contributed by atoms with Gasteiger partial charge in [0.25, 0.3) is 5.69 Å². The molecule has 8 nitrogen and oxygen atoms in total. The Morgan fingerprint density at radius 1 is 1.57 bits per heavy atom. The second kappa shape index (κ2) is 6.10. The summed E-state index contributed by atoms with van der Waals surface area (Å²) >= 11 is 1.12. The summed E-state index contributed by atoms with van der Waals surface area (Å²) in [7, 11) is 1.20. The van der Waals surface area contributed by atoms with Crippen LogP contribution in [0.25, 0.3) is 0 Å². The number of ether oxygens (including phenoxy) is 2. The standard InChI is InChI=1S/C14H13N3O5S/c1-6-11(14(18)21-3)12(8(5-15)13(16)22-6)10-4-9(17(19)20)7(2)23-10/h4,12H,16H2,1-3H3. The predicted octanol–water partition coefficient (Wildman–Crippen LogP) is 2.22. The fourth-order valence-electron chi connectivity index (χ4n) is 2.36. The SMILES string of the molecule is COC(=O)C1=C(C)OC(N)=C(C#N)C1c1cc([N+](=O)[O-])c(C)s1. The molecule has 2 heterocycles. The maximum Gasteiger partial charge on any atom is 0.338 e. The Morgan fingerprint density at radius 3 is 2.70 bits per heavy atom. The van der Waals surface area contributed by atoms with Gasteiger partial charge in [-0.15, -0.1) is 11.3 Å². The lowest BCUT2D eigenvalue weighted by molar-refractivity contribution is -0.385. The number of carbonyl (C=O) groups excluding carboxylic acids is 1. The van der Waals surface area contributed by atoms with Gasteiger partial charge in [0, 0.05) is 10.9 Å². The van der Waals surface area contributed by atoms with E-state index in [0.717, 1.165) is 11.3 Å². The van der Waals surface area contributed by atoms with Crippen LogP contribution in [-0.4, -0.2) is 18.0 Å². The van der Waals surface area contributed by atoms with E-state index in [1.54, 1.807) is 6.92 Å². The third kappa shape index (κ3) is 2.76. The molecule has 0 saturated heterocycles. The van der Waals surface area contributed by atoms with Gasteiger partial charge in [0.05, 0.1) is 28.4 Å². The number of thiophene rings is 1. The molecule has 1 aliphatic rings. The van der Waals surface area contributed by atoms with Gasteiger partial charge in [-0.2, -0.15) is 5.26 Å². The molecule has 1 unspecified atom stereocenters. The summed E-state index contributed by atoms with van der Waals surface area (Å²) in [5.74, 6) is -1.46. The summed E-state index contributed by atoms with van der Waals surface area (Å²) < 4.78 is 9.99. The van der Waals surface area contributed by atoms with E-state index in [1.807, 2.05) is 6.07 Å². The van der Waals surface area contributed by atoms with Crippen molar-refractivity contribution in [2.45, 2.75) is 19.8 Å². The van der Waals surface area contributed by atoms with E-state index in [2.05, 4.69) is 0 Å². The lowest BCUT2D eigenvalue weighted by Crippen LogP contribution is -2.24. The average Bonchev–Trinajstić information content (AvgIpc) is 2.87. The molecular weight excluding hydrogens is 322 g/mol. The van der Waals surface area contributed by atoms with Crippen LogP contribution in [0.3, 0.4) is 0 Å². The van der Waals surface area contributed by atoms with Gasteiger partial charge in [-0.3, -0.25) is 10.1 Å². The lowest BCUT2D eigenvalue weighted by atomic mass is 9.87. The van der Waals surface area contributed by atoms with E-state index < -0.39 is 16.8 Å². The van der Waals surface area contributed by atoms with Crippen LogP contribution in [0.15, 0.2) is 28.9 Å². The van der Waals surface area contributed by atoms with Crippen LogP contribution in [0.1, 0.15) is 22.6 Å². The van der Waals surface area contributed by atoms with E-state index in [-0.39, 0.29) is 28.5 Å². The van der Waals surface area contributed by atoms with Crippen molar-refractivity contribution in [2.24, 2.45) is 5.73 Å². The highest BCUT2D eigenvalue weighted by atomic mass is 32.1. The smallest absolute Gasteiger partial charge is 0.338 e. The largest absolute Gasteiger partial charge is 0.466 e. The fraction of sp³-hybridized carbons (Fsp3) is 0.286. The Kier molecular flexibility index (Phi) is 4.38. The Bertz CT molecular complexity index is 800. The third-order valence-electron chi connectivity index (χ3n) is 3.40. The van der Waals surface area contributed by atoms with Crippen molar-refractivity contribution < 1.29 is 19.2 Å². The summed E-state index contributed by atoms with van der Waals surface area (Å²) in [5.41, 5.74) is 5.79. The highest BCUT2D eigenvalue weighted by Crippen LogP contribution is 2.44. The van der Waals surface area contributed by atoms with Gasteiger partial charge >= 0.3 is 5.97 Å². The number of nitriles is 1. The molecule has 23 heavy (non-hydrogen) atoms. The van der Waals surface area contributed by atoms with Crippen molar-refractivity contribution in [1.29, 1.82) is 5.26 Å². The first-order valence-corrected chi connectivity index (χ1v) is 7.24. The van der Waals surface area contributed by atoms with Crippen LogP contribution < -0.4 is 5.73 Å². The van der Waals surface area contributed by atoms with Crippen molar-refractivity contribution in [2.75, 3.05) is 7.11 Å². The number of nitrogens with two attached hydrogens (primary N) is 1. The number of esters is 1. The van der Waals surface area contributed by atoms with Crippen LogP contribution in [0.5, 0.6) is 0 Å². The van der Waals surface area contributed by atoms with Gasteiger partial charge < -0.3 is 15.2 Å². The Balaban J connectivity index is 2.68. The van der Waals surface area contributed by atoms with Crippen molar-refractivity contribution in [3.05, 3.63) is 48.7 Å². The number of aryl methyl sites for hydroxylation is 1. The Hall–Kier alpha value is -2.86. The summed E-state index contributed by atoms with van der Waals surface area (Å²) in [4.78, 5) is 23.6. The zero-order chi connectivity index (χ0) is 17.3. The predicted molar refractivity (Wildman–Crippen MR) is 81.1 cm³/mol. The molecule has 0 amide bonds. The van der Waals surface area contributed by atoms with E-state index in [0.29, 0.717) is 9.75 Å². The molecule has 0 spiro atoms. The maximum absolute atomic E-state index is 12.1. The quantitative estimate of drug-likeness (QED) is 0.509. The number of rotatable bonds is 3. The summed E-state index contributed by atoms with van der Waals surface area (Å²) in [6.45, 7) is 3.12. The van der Waals surface area contributed by atoms with Gasteiger partial charge in [0.15, 0.2) is 0 Å². The second-order valence-corrected chi connectivity index (χ2v) is 6.02. The zero-order valence-corrected chi connectivity index (χ0v) is 13.4. The number of methoxy groups -OCH3 is 1. The van der Waals surface area contributed by atoms with E-state index in [9.17, 15) is 20.2 Å². The molecule has 120 valence electrons. The molecular formula is C14H13N3O5S. The molecule has 9 heteroatoms. The number of allylic oxidation sites excluding steroid dienone is 2. The lowest BCUT2D eigenvalue weighted by Gasteiger charge is -2.25. The molecule has 0 fully saturated rings. The topological polar surface area (TPSA) is 128 Å². The minimum atomic E-state index is -0.849. The van der Waals surface area contributed by atoms with Crippen molar-refractivity contribution >= 4 is 23.0 Å². The zero-order valence-electron chi connectivity index (χ0n) is 12.6. The van der Waals surface area contributed by atoms with Crippen LogP contribution in [0.2, 0.25) is 0 Å². The summed E-state index contributed by atoms with van der Waals surface area (Å²) in [6.07, 6.45) is 0. The molecule has 0 saturated carbocycles. The molecule has 1 atom stereocenters. The molecule has 0 aliphatic carbocycles. The van der Waals surface area contributed by atoms with Crippen molar-refractivity contribution in [1.82, 2.24) is 0 Å². The van der Waals surface area contributed by atoms with Gasteiger partial charge in [-0.05, 0) is 13.8 Å². The Morgan fingerprint density at radius 2 is 2.22 bits per heavy atom. The summed E-state index contributed by atoms with van der Waals surface area (Å²) in [6, 6.07) is 3.26. The first-order valence-electron chi connectivity index (χ1n) is 6.43. The molecule has 2 rings (SSSR count). The molecule has 0 radical (unpaired) electrons. The highest BCUT2D eigenvalue weighted by Gasteiger charge is 2.38.